The average Bonchev–Trinajstić information content (AvgIpc) is 2.86. The fourth-order valence-corrected chi connectivity index (χ4v) is 2.00. The minimum absolute atomic E-state index is 0.0764. The number of aliphatic carboxylic acids is 1. The molecule has 2 atom stereocenters. The quantitative estimate of drug-likeness (QED) is 0.720. The van der Waals surface area contributed by atoms with Crippen molar-refractivity contribution in [2.45, 2.75) is 25.9 Å². The van der Waals surface area contributed by atoms with Crippen molar-refractivity contribution in [1.29, 1.82) is 0 Å². The molecule has 0 aromatic carbocycles. The average molecular weight is 272 g/mol. The molecule has 0 bridgehead atoms. The molecule has 1 fully saturated rings. The molecule has 1 saturated heterocycles. The van der Waals surface area contributed by atoms with Crippen molar-refractivity contribution in [3.8, 4) is 0 Å². The molecule has 1 N–H and O–H groups in total. The molecule has 19 heavy (non-hydrogen) atoms. The second kappa shape index (κ2) is 7.45. The Balaban J connectivity index is 2.61. The Morgan fingerprint density at radius 1 is 1.37 bits per heavy atom. The molecule has 0 aromatic heterocycles. The van der Waals surface area contributed by atoms with Gasteiger partial charge in [-0.1, -0.05) is 6.92 Å². The Hall–Kier alpha value is -1.14. The van der Waals surface area contributed by atoms with Gasteiger partial charge in [0, 0.05) is 26.2 Å². The van der Waals surface area contributed by atoms with Gasteiger partial charge in [0.2, 0.25) is 0 Å². The fraction of sp³-hybridized carbons (Fsp3) is 0.846. The monoisotopic (exact) mass is 272 g/mol. The summed E-state index contributed by atoms with van der Waals surface area (Å²) in [6.07, 6.45) is 1.24. The van der Waals surface area contributed by atoms with E-state index >= 15 is 0 Å². The molecule has 0 aromatic rings. The summed E-state index contributed by atoms with van der Waals surface area (Å²) in [5.41, 5.74) is 0. The van der Waals surface area contributed by atoms with E-state index in [-0.39, 0.29) is 18.6 Å². The van der Waals surface area contributed by atoms with Gasteiger partial charge in [0.25, 0.3) is 5.91 Å². The van der Waals surface area contributed by atoms with E-state index in [4.69, 9.17) is 9.84 Å². The molecule has 0 aliphatic carbocycles. The van der Waals surface area contributed by atoms with Crippen molar-refractivity contribution in [1.82, 2.24) is 9.80 Å². The molecule has 0 saturated carbocycles. The standard InChI is InChI=1S/C13H24N2O4/c1-10(13(17)18)9-15(7-6-14(2)3)12(16)11-5-4-8-19-11/h10-11H,4-9H2,1-3H3,(H,17,18). The number of carboxylic acids is 1. The summed E-state index contributed by atoms with van der Waals surface area (Å²) in [5.74, 6) is -1.52. The number of amides is 1. The van der Waals surface area contributed by atoms with Crippen LogP contribution in [0.3, 0.4) is 0 Å². The van der Waals surface area contributed by atoms with Gasteiger partial charge in [0.05, 0.1) is 5.92 Å². The summed E-state index contributed by atoms with van der Waals surface area (Å²) in [6.45, 7) is 3.72. The third-order valence-electron chi connectivity index (χ3n) is 3.25. The molecule has 1 rings (SSSR count). The SMILES string of the molecule is CC(CN(CCN(C)C)C(=O)C1CCCO1)C(=O)O. The second-order valence-corrected chi connectivity index (χ2v) is 5.33. The van der Waals surface area contributed by atoms with E-state index in [2.05, 4.69) is 0 Å². The first-order valence-electron chi connectivity index (χ1n) is 6.69. The van der Waals surface area contributed by atoms with Crippen LogP contribution in [-0.2, 0) is 14.3 Å². The van der Waals surface area contributed by atoms with Gasteiger partial charge in [0.1, 0.15) is 6.10 Å². The predicted octanol–water partition coefficient (Wildman–Crippen LogP) is 0.276. The molecule has 2 unspecified atom stereocenters. The van der Waals surface area contributed by atoms with Gasteiger partial charge in [-0.25, -0.2) is 0 Å². The van der Waals surface area contributed by atoms with Crippen LogP contribution in [0.1, 0.15) is 19.8 Å². The molecule has 1 heterocycles. The lowest BCUT2D eigenvalue weighted by Gasteiger charge is -2.28. The Kier molecular flexibility index (Phi) is 6.24. The number of rotatable bonds is 7. The van der Waals surface area contributed by atoms with Gasteiger partial charge in [-0.3, -0.25) is 9.59 Å². The normalized spacial score (nSPS) is 20.5. The molecule has 110 valence electrons. The number of hydrogen-bond donors (Lipinski definition) is 1. The molecule has 6 nitrogen and oxygen atoms in total. The summed E-state index contributed by atoms with van der Waals surface area (Å²) >= 11 is 0. The van der Waals surface area contributed by atoms with Gasteiger partial charge in [0.15, 0.2) is 0 Å². The number of carbonyl (C=O) groups excluding carboxylic acids is 1. The number of carbonyl (C=O) groups is 2. The number of hydrogen-bond acceptors (Lipinski definition) is 4. The topological polar surface area (TPSA) is 70.1 Å². The zero-order chi connectivity index (χ0) is 14.4. The molecular formula is C13H24N2O4. The van der Waals surface area contributed by atoms with Crippen LogP contribution < -0.4 is 0 Å². The maximum absolute atomic E-state index is 12.3. The van der Waals surface area contributed by atoms with Crippen molar-refractivity contribution in [3.05, 3.63) is 0 Å². The van der Waals surface area contributed by atoms with Gasteiger partial charge in [-0.2, -0.15) is 0 Å². The van der Waals surface area contributed by atoms with E-state index in [1.807, 2.05) is 19.0 Å². The smallest absolute Gasteiger partial charge is 0.308 e. The maximum Gasteiger partial charge on any atom is 0.308 e. The third-order valence-corrected chi connectivity index (χ3v) is 3.25. The Labute approximate surface area is 114 Å². The third kappa shape index (κ3) is 5.16. The number of ether oxygens (including phenoxy) is 1. The Morgan fingerprint density at radius 2 is 2.05 bits per heavy atom. The first-order chi connectivity index (χ1) is 8.91. The van der Waals surface area contributed by atoms with Crippen LogP contribution in [0.2, 0.25) is 0 Å². The molecule has 0 radical (unpaired) electrons. The fourth-order valence-electron chi connectivity index (χ4n) is 2.00. The first-order valence-corrected chi connectivity index (χ1v) is 6.69. The van der Waals surface area contributed by atoms with Crippen LogP contribution >= 0.6 is 0 Å². The van der Waals surface area contributed by atoms with E-state index < -0.39 is 11.9 Å². The van der Waals surface area contributed by atoms with Crippen LogP contribution in [0, 0.1) is 5.92 Å². The van der Waals surface area contributed by atoms with Gasteiger partial charge >= 0.3 is 5.97 Å². The van der Waals surface area contributed by atoms with Crippen LogP contribution in [0.5, 0.6) is 0 Å². The maximum atomic E-state index is 12.3. The highest BCUT2D eigenvalue weighted by atomic mass is 16.5. The highest BCUT2D eigenvalue weighted by Crippen LogP contribution is 2.15. The number of nitrogens with zero attached hydrogens (tertiary/aromatic N) is 2. The summed E-state index contributed by atoms with van der Waals surface area (Å²) in [5, 5.41) is 8.98. The van der Waals surface area contributed by atoms with Crippen molar-refractivity contribution in [3.63, 3.8) is 0 Å². The predicted molar refractivity (Wildman–Crippen MR) is 70.9 cm³/mol. The molecule has 1 aliphatic rings. The van der Waals surface area contributed by atoms with Crippen LogP contribution in [0.25, 0.3) is 0 Å². The Bertz CT molecular complexity index is 314. The van der Waals surface area contributed by atoms with E-state index in [0.29, 0.717) is 19.7 Å². The van der Waals surface area contributed by atoms with Gasteiger partial charge in [-0.15, -0.1) is 0 Å². The van der Waals surface area contributed by atoms with Crippen molar-refractivity contribution in [2.75, 3.05) is 40.3 Å². The summed E-state index contributed by atoms with van der Waals surface area (Å²) in [6, 6.07) is 0. The van der Waals surface area contributed by atoms with Crippen LogP contribution in [-0.4, -0.2) is 73.2 Å². The number of likely N-dealkylation sites (N-methyl/N-ethyl adjacent to an activating group) is 1. The van der Waals surface area contributed by atoms with E-state index in [9.17, 15) is 9.59 Å². The van der Waals surface area contributed by atoms with E-state index in [1.54, 1.807) is 11.8 Å². The minimum Gasteiger partial charge on any atom is -0.481 e. The van der Waals surface area contributed by atoms with Gasteiger partial charge in [-0.05, 0) is 26.9 Å². The molecule has 0 spiro atoms. The molecule has 1 aliphatic heterocycles. The highest BCUT2D eigenvalue weighted by Gasteiger charge is 2.29. The van der Waals surface area contributed by atoms with Crippen molar-refractivity contribution in [2.24, 2.45) is 5.92 Å². The summed E-state index contributed by atoms with van der Waals surface area (Å²) in [7, 11) is 3.85. The van der Waals surface area contributed by atoms with E-state index in [1.165, 1.54) is 0 Å². The minimum atomic E-state index is -0.880. The second-order valence-electron chi connectivity index (χ2n) is 5.33. The van der Waals surface area contributed by atoms with E-state index in [0.717, 1.165) is 12.8 Å². The van der Waals surface area contributed by atoms with Gasteiger partial charge < -0.3 is 19.6 Å². The Morgan fingerprint density at radius 3 is 2.53 bits per heavy atom. The molecule has 1 amide bonds. The highest BCUT2D eigenvalue weighted by molar-refractivity contribution is 5.82. The molecule has 6 heteroatoms. The summed E-state index contributed by atoms with van der Waals surface area (Å²) < 4.78 is 5.39. The van der Waals surface area contributed by atoms with Crippen molar-refractivity contribution < 1.29 is 19.4 Å². The lowest BCUT2D eigenvalue weighted by molar-refractivity contribution is -0.146. The van der Waals surface area contributed by atoms with Crippen LogP contribution in [0.4, 0.5) is 0 Å². The molecular weight excluding hydrogens is 248 g/mol. The first kappa shape index (κ1) is 15.9. The largest absolute Gasteiger partial charge is 0.481 e. The number of carboxylic acid groups (broad SMARTS) is 1. The zero-order valence-corrected chi connectivity index (χ0v) is 12.0. The summed E-state index contributed by atoms with van der Waals surface area (Å²) in [4.78, 5) is 26.8. The lowest BCUT2D eigenvalue weighted by Crippen LogP contribution is -2.45. The van der Waals surface area contributed by atoms with Crippen LogP contribution in [0.15, 0.2) is 0 Å². The zero-order valence-electron chi connectivity index (χ0n) is 12.0. The lowest BCUT2D eigenvalue weighted by atomic mass is 10.1. The van der Waals surface area contributed by atoms with Crippen molar-refractivity contribution >= 4 is 11.9 Å².